The van der Waals surface area contributed by atoms with E-state index in [-0.39, 0.29) is 22.2 Å². The van der Waals surface area contributed by atoms with E-state index in [0.29, 0.717) is 16.7 Å². The highest BCUT2D eigenvalue weighted by atomic mass is 35.5. The van der Waals surface area contributed by atoms with Crippen LogP contribution in [0.3, 0.4) is 0 Å². The minimum atomic E-state index is -4.59. The van der Waals surface area contributed by atoms with Crippen LogP contribution >= 0.6 is 11.6 Å². The Bertz CT molecular complexity index is 964. The lowest BCUT2D eigenvalue weighted by molar-refractivity contribution is -0.137. The maximum atomic E-state index is 13.1. The van der Waals surface area contributed by atoms with Gasteiger partial charge in [-0.1, -0.05) is 11.6 Å². The third kappa shape index (κ3) is 3.41. The Morgan fingerprint density at radius 1 is 1.20 bits per heavy atom. The summed E-state index contributed by atoms with van der Waals surface area (Å²) in [6.45, 7) is 0. The number of aromatic hydroxyl groups is 1. The van der Waals surface area contributed by atoms with Gasteiger partial charge in [-0.05, 0) is 36.4 Å². The fourth-order valence-electron chi connectivity index (χ4n) is 2.42. The van der Waals surface area contributed by atoms with Gasteiger partial charge < -0.3 is 14.8 Å². The number of nitrogens with one attached hydrogen (secondary N) is 1. The Morgan fingerprint density at radius 3 is 2.64 bits per heavy atom. The molecule has 0 atom stereocenters. The highest BCUT2D eigenvalue weighted by Crippen LogP contribution is 2.38. The summed E-state index contributed by atoms with van der Waals surface area (Å²) in [5.74, 6) is 0.346. The third-order valence-electron chi connectivity index (χ3n) is 3.62. The molecular weight excluding hydrogens is 357 g/mol. The lowest BCUT2D eigenvalue weighted by Crippen LogP contribution is -2.05. The van der Waals surface area contributed by atoms with Crippen LogP contribution in [0.25, 0.3) is 10.9 Å². The monoisotopic (exact) mass is 368 g/mol. The van der Waals surface area contributed by atoms with E-state index in [9.17, 15) is 18.3 Å². The smallest absolute Gasteiger partial charge is 0.418 e. The van der Waals surface area contributed by atoms with Crippen molar-refractivity contribution in [2.45, 2.75) is 6.18 Å². The predicted octanol–water partition coefficient (Wildman–Crippen LogP) is 5.30. The van der Waals surface area contributed by atoms with Crippen LogP contribution in [0.15, 0.2) is 41.4 Å². The number of H-pyrrole nitrogens is 1. The quantitative estimate of drug-likeness (QED) is 0.616. The van der Waals surface area contributed by atoms with E-state index in [2.05, 4.69) is 9.98 Å². The van der Waals surface area contributed by atoms with E-state index in [4.69, 9.17) is 16.3 Å². The van der Waals surface area contributed by atoms with Crippen LogP contribution in [-0.2, 0) is 6.18 Å². The van der Waals surface area contributed by atoms with Gasteiger partial charge in [0.2, 0.25) is 0 Å². The molecule has 3 aromatic rings. The first kappa shape index (κ1) is 17.2. The normalized spacial score (nSPS) is 12.2. The van der Waals surface area contributed by atoms with Crippen molar-refractivity contribution in [2.24, 2.45) is 4.99 Å². The number of methoxy groups -OCH3 is 1. The number of benzene rings is 2. The molecule has 0 aliphatic carbocycles. The van der Waals surface area contributed by atoms with Crippen molar-refractivity contribution in [2.75, 3.05) is 7.11 Å². The Hall–Kier alpha value is -2.67. The summed E-state index contributed by atoms with van der Waals surface area (Å²) >= 11 is 5.65. The minimum Gasteiger partial charge on any atom is -0.497 e. The summed E-state index contributed by atoms with van der Waals surface area (Å²) in [6, 6.07) is 8.34. The molecule has 4 nitrogen and oxygen atoms in total. The minimum absolute atomic E-state index is 0.0362. The van der Waals surface area contributed by atoms with Gasteiger partial charge in [0.25, 0.3) is 0 Å². The van der Waals surface area contributed by atoms with Gasteiger partial charge in [-0.3, -0.25) is 4.99 Å². The molecule has 0 spiro atoms. The fourth-order valence-corrected chi connectivity index (χ4v) is 2.59. The Labute approximate surface area is 145 Å². The summed E-state index contributed by atoms with van der Waals surface area (Å²) in [6.07, 6.45) is -3.42. The molecule has 2 aromatic carbocycles. The molecule has 0 amide bonds. The number of aromatic nitrogens is 1. The van der Waals surface area contributed by atoms with Gasteiger partial charge in [0.05, 0.1) is 23.9 Å². The second-order valence-electron chi connectivity index (χ2n) is 5.22. The van der Waals surface area contributed by atoms with E-state index in [1.54, 1.807) is 18.2 Å². The molecule has 0 aliphatic heterocycles. The maximum Gasteiger partial charge on any atom is 0.418 e. The number of nitrogens with zero attached hydrogens (tertiary/aromatic N) is 1. The molecule has 25 heavy (non-hydrogen) atoms. The zero-order valence-electron chi connectivity index (χ0n) is 12.9. The van der Waals surface area contributed by atoms with Crippen molar-refractivity contribution in [1.82, 2.24) is 4.98 Å². The lowest BCUT2D eigenvalue weighted by atomic mass is 10.1. The number of alkyl halides is 3. The zero-order chi connectivity index (χ0) is 18.2. The SMILES string of the molecule is COc1ccc2[nH]c(O)c(C=Nc3ccc(Cl)cc3C(F)(F)F)c2c1. The van der Waals surface area contributed by atoms with Gasteiger partial charge in [0.1, 0.15) is 5.75 Å². The average molecular weight is 369 g/mol. The van der Waals surface area contributed by atoms with Gasteiger partial charge in [-0.2, -0.15) is 13.2 Å². The summed E-state index contributed by atoms with van der Waals surface area (Å²) in [7, 11) is 1.49. The molecular formula is C17H12ClF3N2O2. The van der Waals surface area contributed by atoms with E-state index in [1.807, 2.05) is 0 Å². The molecule has 2 N–H and O–H groups in total. The number of ether oxygens (including phenoxy) is 1. The topological polar surface area (TPSA) is 57.6 Å². The van der Waals surface area contributed by atoms with Crippen LogP contribution < -0.4 is 4.74 Å². The molecule has 0 saturated heterocycles. The highest BCUT2D eigenvalue weighted by Gasteiger charge is 2.33. The number of hydrogen-bond donors (Lipinski definition) is 2. The number of aliphatic imine (C=N–C) groups is 1. The fraction of sp³-hybridized carbons (Fsp3) is 0.118. The van der Waals surface area contributed by atoms with Crippen LogP contribution in [0.1, 0.15) is 11.1 Å². The molecule has 1 aromatic heterocycles. The van der Waals surface area contributed by atoms with Gasteiger partial charge in [0.15, 0.2) is 5.88 Å². The van der Waals surface area contributed by atoms with E-state index >= 15 is 0 Å². The summed E-state index contributed by atoms with van der Waals surface area (Å²) in [5.41, 5.74) is -0.384. The molecule has 8 heteroatoms. The van der Waals surface area contributed by atoms with E-state index in [1.165, 1.54) is 25.5 Å². The van der Waals surface area contributed by atoms with Gasteiger partial charge in [-0.15, -0.1) is 0 Å². The highest BCUT2D eigenvalue weighted by molar-refractivity contribution is 6.30. The van der Waals surface area contributed by atoms with Crippen molar-refractivity contribution in [3.8, 4) is 11.6 Å². The Kier molecular flexibility index (Phi) is 4.34. The molecule has 0 aliphatic rings. The maximum absolute atomic E-state index is 13.1. The third-order valence-corrected chi connectivity index (χ3v) is 3.86. The van der Waals surface area contributed by atoms with Crippen LogP contribution in [-0.4, -0.2) is 23.4 Å². The molecule has 0 bridgehead atoms. The van der Waals surface area contributed by atoms with E-state index in [0.717, 1.165) is 6.07 Å². The number of fused-ring (bicyclic) bond motifs is 1. The first-order chi connectivity index (χ1) is 11.8. The van der Waals surface area contributed by atoms with Crippen molar-refractivity contribution in [3.05, 3.63) is 52.5 Å². The number of hydrogen-bond acceptors (Lipinski definition) is 3. The van der Waals surface area contributed by atoms with Crippen molar-refractivity contribution >= 4 is 34.4 Å². The van der Waals surface area contributed by atoms with E-state index < -0.39 is 11.7 Å². The van der Waals surface area contributed by atoms with Crippen LogP contribution in [0.5, 0.6) is 11.6 Å². The van der Waals surface area contributed by atoms with Crippen LogP contribution in [0.2, 0.25) is 5.02 Å². The average Bonchev–Trinajstić information content (AvgIpc) is 2.87. The second-order valence-corrected chi connectivity index (χ2v) is 5.65. The van der Waals surface area contributed by atoms with Crippen molar-refractivity contribution in [1.29, 1.82) is 0 Å². The summed E-state index contributed by atoms with van der Waals surface area (Å²) in [4.78, 5) is 6.63. The molecule has 130 valence electrons. The van der Waals surface area contributed by atoms with Crippen LogP contribution in [0.4, 0.5) is 18.9 Å². The van der Waals surface area contributed by atoms with Gasteiger partial charge in [-0.25, -0.2) is 0 Å². The molecule has 0 fully saturated rings. The van der Waals surface area contributed by atoms with Gasteiger partial charge in [0, 0.05) is 22.1 Å². The molecule has 0 radical (unpaired) electrons. The molecule has 0 unspecified atom stereocenters. The molecule has 0 saturated carbocycles. The predicted molar refractivity (Wildman–Crippen MR) is 90.2 cm³/mol. The van der Waals surface area contributed by atoms with Gasteiger partial charge >= 0.3 is 6.18 Å². The standard InChI is InChI=1S/C17H12ClF3N2O2/c1-25-10-3-5-14-11(7-10)12(16(24)23-14)8-22-15-4-2-9(18)6-13(15)17(19,20)21/h2-8,23-24H,1H3. The summed E-state index contributed by atoms with van der Waals surface area (Å²) in [5, 5.41) is 10.6. The first-order valence-corrected chi connectivity index (χ1v) is 7.47. The zero-order valence-corrected chi connectivity index (χ0v) is 13.6. The Morgan fingerprint density at radius 2 is 1.96 bits per heavy atom. The second kappa shape index (κ2) is 6.33. The Balaban J connectivity index is 2.09. The van der Waals surface area contributed by atoms with Crippen LogP contribution in [0, 0.1) is 0 Å². The number of halogens is 4. The van der Waals surface area contributed by atoms with Crippen molar-refractivity contribution in [3.63, 3.8) is 0 Å². The summed E-state index contributed by atoms with van der Waals surface area (Å²) < 4.78 is 44.5. The molecule has 1 heterocycles. The number of rotatable bonds is 3. The lowest BCUT2D eigenvalue weighted by Gasteiger charge is -2.09. The molecule has 3 rings (SSSR count). The number of aromatic amines is 1. The first-order valence-electron chi connectivity index (χ1n) is 7.09. The van der Waals surface area contributed by atoms with Crippen molar-refractivity contribution < 1.29 is 23.0 Å². The largest absolute Gasteiger partial charge is 0.497 e.